The molecule has 0 aromatic heterocycles. The number of hydrogen-bond acceptors (Lipinski definition) is 7. The van der Waals surface area contributed by atoms with Crippen LogP contribution in [0.25, 0.3) is 0 Å². The molecule has 0 saturated heterocycles. The summed E-state index contributed by atoms with van der Waals surface area (Å²) >= 11 is 0. The molecule has 0 aliphatic heterocycles. The Bertz CT molecular complexity index is 824. The molecule has 0 aliphatic carbocycles. The van der Waals surface area contributed by atoms with Gasteiger partial charge in [-0.25, -0.2) is 4.57 Å². The van der Waals surface area contributed by atoms with Crippen molar-refractivity contribution < 1.29 is 33.4 Å². The van der Waals surface area contributed by atoms with E-state index in [4.69, 9.17) is 15.5 Å². The molecule has 0 saturated carbocycles. The Balaban J connectivity index is 3.17. The lowest BCUT2D eigenvalue weighted by Crippen LogP contribution is -2.46. The third kappa shape index (κ3) is 8.19. The van der Waals surface area contributed by atoms with Crippen molar-refractivity contribution in [3.05, 3.63) is 33.9 Å². The van der Waals surface area contributed by atoms with Crippen molar-refractivity contribution in [1.29, 1.82) is 0 Å². The smallest absolute Gasteiger partial charge is 0.398 e. The predicted octanol–water partition coefficient (Wildman–Crippen LogP) is 2.56. The number of hydrogen-bond donors (Lipinski definition) is 4. The van der Waals surface area contributed by atoms with Gasteiger partial charge in [-0.3, -0.25) is 24.2 Å². The fourth-order valence-corrected chi connectivity index (χ4v) is 3.35. The number of nitrogens with one attached hydrogen (secondary N) is 1. The van der Waals surface area contributed by atoms with Gasteiger partial charge in [0.2, 0.25) is 5.91 Å². The average Bonchev–Trinajstić information content (AvgIpc) is 2.62. The maximum atomic E-state index is 13.0. The van der Waals surface area contributed by atoms with Gasteiger partial charge in [0.1, 0.15) is 6.10 Å². The number of nitrogens with zero attached hydrogens (tertiary/aromatic N) is 1. The number of rotatable bonds is 12. The molecule has 0 radical (unpaired) electrons. The highest BCUT2D eigenvalue weighted by molar-refractivity contribution is 7.46. The van der Waals surface area contributed by atoms with E-state index in [1.807, 2.05) is 20.8 Å². The summed E-state index contributed by atoms with van der Waals surface area (Å²) in [5.74, 6) is -1.53. The molecule has 0 bridgehead atoms. The Labute approximate surface area is 174 Å². The summed E-state index contributed by atoms with van der Waals surface area (Å²) in [6, 6.07) is 2.33. The molecule has 168 valence electrons. The van der Waals surface area contributed by atoms with E-state index in [-0.39, 0.29) is 35.7 Å². The summed E-state index contributed by atoms with van der Waals surface area (Å²) in [7, 11) is -4.93. The van der Waals surface area contributed by atoms with Crippen LogP contribution in [0.5, 0.6) is 0 Å². The zero-order chi connectivity index (χ0) is 23.1. The quantitative estimate of drug-likeness (QED) is 0.123. The number of non-ortho nitro benzene ring substituents is 1. The number of nitro groups is 1. The Morgan fingerprint density at radius 2 is 1.97 bits per heavy atom. The second-order valence-corrected chi connectivity index (χ2v) is 8.50. The topological polar surface area (TPSA) is 182 Å². The largest absolute Gasteiger partial charge is 0.470 e. The second kappa shape index (κ2) is 11.2. The van der Waals surface area contributed by atoms with E-state index in [0.717, 1.165) is 12.1 Å². The summed E-state index contributed by atoms with van der Waals surface area (Å²) in [5, 5.41) is 13.5. The van der Waals surface area contributed by atoms with E-state index < -0.39 is 36.6 Å². The number of Topliss-reactive ketones (excluding diaryl/α,β-unsaturated/α-hetero) is 1. The molecule has 1 aromatic carbocycles. The lowest BCUT2D eigenvalue weighted by Gasteiger charge is -2.24. The molecule has 11 nitrogen and oxygen atoms in total. The van der Waals surface area contributed by atoms with Crippen molar-refractivity contribution in [3.8, 4) is 0 Å². The van der Waals surface area contributed by atoms with Crippen LogP contribution in [0, 0.1) is 16.0 Å². The molecular weight excluding hydrogens is 417 g/mol. The first kappa shape index (κ1) is 25.7. The molecule has 12 heteroatoms. The van der Waals surface area contributed by atoms with Gasteiger partial charge in [-0.05, 0) is 24.8 Å². The Hall–Kier alpha value is -2.33. The molecule has 0 spiro atoms. The number of anilines is 1. The summed E-state index contributed by atoms with van der Waals surface area (Å²) in [5.41, 5.74) is 5.39. The minimum absolute atomic E-state index is 0.0163. The number of nitro benzene ring substituents is 1. The first-order valence-corrected chi connectivity index (χ1v) is 11.0. The molecular formula is C18H28N3O8P. The molecule has 30 heavy (non-hydrogen) atoms. The summed E-state index contributed by atoms with van der Waals surface area (Å²) in [6.07, 6.45) is -0.0837. The van der Waals surface area contributed by atoms with Gasteiger partial charge in [0.05, 0.1) is 11.0 Å². The van der Waals surface area contributed by atoms with Crippen molar-refractivity contribution in [2.75, 3.05) is 5.73 Å². The highest BCUT2D eigenvalue weighted by Crippen LogP contribution is 2.38. The van der Waals surface area contributed by atoms with Gasteiger partial charge >= 0.3 is 7.82 Å². The van der Waals surface area contributed by atoms with E-state index >= 15 is 0 Å². The molecule has 1 aromatic rings. The number of phosphoric ester groups is 1. The number of nitrogens with two attached hydrogens (primary N) is 1. The number of phosphoric acid groups is 1. The minimum Gasteiger partial charge on any atom is -0.398 e. The molecule has 0 fully saturated rings. The normalized spacial score (nSPS) is 13.7. The van der Waals surface area contributed by atoms with Crippen LogP contribution < -0.4 is 11.1 Å². The fraction of sp³-hybridized carbons (Fsp3) is 0.556. The standard InChI is InChI=1S/C18H28N3O8P/c1-4-5-6-16(29-30(26,27)28)18(23)20-15(9-11(2)3)17(22)13-10-12(21(24)25)7-8-14(13)19/h7-8,10-11,15-16H,4-6,9,19H2,1-3H3,(H,20,23)(H2,26,27,28)/t15-,16?/m0/s1. The van der Waals surface area contributed by atoms with Crippen LogP contribution in [0.4, 0.5) is 11.4 Å². The SMILES string of the molecule is CCCCC(OP(=O)(O)O)C(=O)N[C@@H](CC(C)C)C(=O)c1cc([N+](=O)[O-])ccc1N. The molecule has 1 amide bonds. The molecule has 2 atom stereocenters. The number of carbonyl (C=O) groups is 2. The van der Waals surface area contributed by atoms with E-state index in [0.29, 0.717) is 12.8 Å². The zero-order valence-electron chi connectivity index (χ0n) is 17.1. The molecule has 1 unspecified atom stereocenters. The monoisotopic (exact) mass is 445 g/mol. The van der Waals surface area contributed by atoms with Crippen LogP contribution in [0.1, 0.15) is 56.8 Å². The van der Waals surface area contributed by atoms with E-state index in [2.05, 4.69) is 9.84 Å². The van der Waals surface area contributed by atoms with Crippen molar-refractivity contribution in [2.45, 2.75) is 58.6 Å². The third-order valence-electron chi connectivity index (χ3n) is 4.23. The van der Waals surface area contributed by atoms with Gasteiger partial charge in [0.25, 0.3) is 5.69 Å². The molecule has 0 aliphatic rings. The van der Waals surface area contributed by atoms with E-state index in [1.54, 1.807) is 0 Å². The molecule has 0 heterocycles. The van der Waals surface area contributed by atoms with Crippen LogP contribution in [0.15, 0.2) is 18.2 Å². The zero-order valence-corrected chi connectivity index (χ0v) is 18.0. The first-order valence-electron chi connectivity index (χ1n) is 9.48. The van der Waals surface area contributed by atoms with Crippen molar-refractivity contribution in [2.24, 2.45) is 5.92 Å². The van der Waals surface area contributed by atoms with Crippen LogP contribution >= 0.6 is 7.82 Å². The van der Waals surface area contributed by atoms with E-state index in [1.165, 1.54) is 6.07 Å². The average molecular weight is 445 g/mol. The van der Waals surface area contributed by atoms with Crippen molar-refractivity contribution in [1.82, 2.24) is 5.32 Å². The number of nitrogen functional groups attached to an aromatic ring is 1. The van der Waals surface area contributed by atoms with Gasteiger partial charge in [-0.1, -0.05) is 33.6 Å². The maximum absolute atomic E-state index is 13.0. The lowest BCUT2D eigenvalue weighted by molar-refractivity contribution is -0.384. The number of benzene rings is 1. The highest BCUT2D eigenvalue weighted by Gasteiger charge is 2.32. The van der Waals surface area contributed by atoms with Crippen LogP contribution in [0.3, 0.4) is 0 Å². The highest BCUT2D eigenvalue weighted by atomic mass is 31.2. The third-order valence-corrected chi connectivity index (χ3v) is 4.76. The van der Waals surface area contributed by atoms with Gasteiger partial charge in [0.15, 0.2) is 5.78 Å². The maximum Gasteiger partial charge on any atom is 0.470 e. The van der Waals surface area contributed by atoms with Gasteiger partial charge in [0, 0.05) is 23.4 Å². The van der Waals surface area contributed by atoms with Gasteiger partial charge in [-0.15, -0.1) is 0 Å². The van der Waals surface area contributed by atoms with Crippen LogP contribution in [-0.4, -0.2) is 38.5 Å². The number of carbonyl (C=O) groups excluding carboxylic acids is 2. The minimum atomic E-state index is -4.93. The Kier molecular flexibility index (Phi) is 9.57. The second-order valence-electron chi connectivity index (χ2n) is 7.31. The summed E-state index contributed by atoms with van der Waals surface area (Å²) in [4.78, 5) is 54.2. The van der Waals surface area contributed by atoms with Gasteiger partial charge in [-0.2, -0.15) is 0 Å². The van der Waals surface area contributed by atoms with Crippen LogP contribution in [-0.2, 0) is 13.9 Å². The molecule has 1 rings (SSSR count). The van der Waals surface area contributed by atoms with Gasteiger partial charge < -0.3 is 20.8 Å². The van der Waals surface area contributed by atoms with Crippen molar-refractivity contribution >= 4 is 30.9 Å². The first-order chi connectivity index (χ1) is 13.9. The summed E-state index contributed by atoms with van der Waals surface area (Å²) in [6.45, 7) is 5.45. The van der Waals surface area contributed by atoms with E-state index in [9.17, 15) is 24.3 Å². The lowest BCUT2D eigenvalue weighted by atomic mass is 9.94. The Morgan fingerprint density at radius 1 is 1.33 bits per heavy atom. The number of unbranched alkanes of at least 4 members (excludes halogenated alkanes) is 1. The number of ketones is 1. The predicted molar refractivity (Wildman–Crippen MR) is 110 cm³/mol. The fourth-order valence-electron chi connectivity index (χ4n) is 2.81. The van der Waals surface area contributed by atoms with Crippen molar-refractivity contribution in [3.63, 3.8) is 0 Å². The number of amides is 1. The summed E-state index contributed by atoms with van der Waals surface area (Å²) < 4.78 is 15.8. The molecule has 5 N–H and O–H groups in total. The van der Waals surface area contributed by atoms with Crippen LogP contribution in [0.2, 0.25) is 0 Å². The Morgan fingerprint density at radius 3 is 2.47 bits per heavy atom.